The molecule has 7 nitrogen and oxygen atoms in total. The summed E-state index contributed by atoms with van der Waals surface area (Å²) in [5, 5.41) is 16.7. The first-order valence-electron chi connectivity index (χ1n) is 9.13. The molecule has 1 aliphatic heterocycles. The lowest BCUT2D eigenvalue weighted by atomic mass is 9.86. The molecule has 1 fully saturated rings. The fraction of sp³-hybridized carbons (Fsp3) is 0.300. The predicted molar refractivity (Wildman–Crippen MR) is 100 cm³/mol. The van der Waals surface area contributed by atoms with Gasteiger partial charge in [-0.25, -0.2) is 14.2 Å². The number of benzene rings is 1. The Kier molecular flexibility index (Phi) is 4.77. The molecule has 2 unspecified atom stereocenters. The van der Waals surface area contributed by atoms with E-state index in [9.17, 15) is 14.3 Å². The summed E-state index contributed by atoms with van der Waals surface area (Å²) in [5.74, 6) is 0.573. The van der Waals surface area contributed by atoms with E-state index < -0.39 is 6.09 Å². The Morgan fingerprint density at radius 2 is 2.11 bits per heavy atom. The Morgan fingerprint density at radius 3 is 2.86 bits per heavy atom. The number of H-pyrrole nitrogens is 1. The lowest BCUT2D eigenvalue weighted by molar-refractivity contribution is 0.0993. The van der Waals surface area contributed by atoms with Gasteiger partial charge in [0, 0.05) is 24.4 Å². The lowest BCUT2D eigenvalue weighted by Crippen LogP contribution is -2.40. The second-order valence-corrected chi connectivity index (χ2v) is 6.92. The third-order valence-electron chi connectivity index (χ3n) is 5.26. The van der Waals surface area contributed by atoms with Crippen LogP contribution in [0.1, 0.15) is 41.9 Å². The first kappa shape index (κ1) is 18.1. The fourth-order valence-corrected chi connectivity index (χ4v) is 3.81. The molecule has 1 aromatic carbocycles. The minimum Gasteiger partial charge on any atom is -0.465 e. The zero-order valence-corrected chi connectivity index (χ0v) is 15.3. The standard InChI is InChI=1S/C20H20FN5O2/c1-12-14(6-4-9-22-12)17-11-13(8-10-26(17)20(27)28)18-23-19(25-24-18)15-5-2-3-7-16(15)21/h2-7,9,13,17H,8,10-11H2,1H3,(H,27,28)(H,23,24,25). The van der Waals surface area contributed by atoms with Crippen molar-refractivity contribution in [3.05, 3.63) is 65.5 Å². The predicted octanol–water partition coefficient (Wildman–Crippen LogP) is 3.91. The second kappa shape index (κ2) is 7.38. The van der Waals surface area contributed by atoms with Gasteiger partial charge in [-0.15, -0.1) is 0 Å². The number of amides is 1. The second-order valence-electron chi connectivity index (χ2n) is 6.92. The number of rotatable bonds is 3. The highest BCUT2D eigenvalue weighted by atomic mass is 19.1. The van der Waals surface area contributed by atoms with Crippen molar-refractivity contribution in [1.29, 1.82) is 0 Å². The summed E-state index contributed by atoms with van der Waals surface area (Å²) < 4.78 is 14.0. The number of piperidine rings is 1. The summed E-state index contributed by atoms with van der Waals surface area (Å²) in [5.41, 5.74) is 2.04. The quantitative estimate of drug-likeness (QED) is 0.717. The van der Waals surface area contributed by atoms with Gasteiger partial charge in [0.25, 0.3) is 0 Å². The van der Waals surface area contributed by atoms with E-state index in [1.807, 2.05) is 19.1 Å². The van der Waals surface area contributed by atoms with Gasteiger partial charge in [-0.2, -0.15) is 5.10 Å². The molecule has 0 aliphatic carbocycles. The average molecular weight is 381 g/mol. The molecule has 1 amide bonds. The molecule has 1 aliphatic rings. The van der Waals surface area contributed by atoms with Crippen LogP contribution in [0.5, 0.6) is 0 Å². The lowest BCUT2D eigenvalue weighted by Gasteiger charge is -2.37. The molecular formula is C20H20FN5O2. The fourth-order valence-electron chi connectivity index (χ4n) is 3.81. The summed E-state index contributed by atoms with van der Waals surface area (Å²) in [6.07, 6.45) is 1.93. The number of aryl methyl sites for hydroxylation is 1. The molecular weight excluding hydrogens is 361 g/mol. The Bertz CT molecular complexity index is 1010. The van der Waals surface area contributed by atoms with Crippen molar-refractivity contribution >= 4 is 6.09 Å². The number of pyridine rings is 1. The molecule has 0 spiro atoms. The monoisotopic (exact) mass is 381 g/mol. The van der Waals surface area contributed by atoms with Crippen molar-refractivity contribution in [2.24, 2.45) is 0 Å². The van der Waals surface area contributed by atoms with Gasteiger partial charge in [-0.1, -0.05) is 18.2 Å². The normalized spacial score (nSPS) is 19.6. The third-order valence-corrected chi connectivity index (χ3v) is 5.26. The number of hydrogen-bond acceptors (Lipinski definition) is 4. The number of aromatic nitrogens is 4. The van der Waals surface area contributed by atoms with Gasteiger partial charge in [0.15, 0.2) is 5.82 Å². The highest BCUT2D eigenvalue weighted by molar-refractivity contribution is 5.66. The Labute approximate surface area is 161 Å². The maximum absolute atomic E-state index is 14.0. The van der Waals surface area contributed by atoms with Crippen molar-refractivity contribution in [1.82, 2.24) is 25.1 Å². The summed E-state index contributed by atoms with van der Waals surface area (Å²) in [7, 11) is 0. The van der Waals surface area contributed by atoms with Crippen molar-refractivity contribution < 1.29 is 14.3 Å². The van der Waals surface area contributed by atoms with Gasteiger partial charge < -0.3 is 10.0 Å². The van der Waals surface area contributed by atoms with E-state index in [0.29, 0.717) is 36.6 Å². The van der Waals surface area contributed by atoms with E-state index in [-0.39, 0.29) is 17.8 Å². The van der Waals surface area contributed by atoms with Crippen molar-refractivity contribution in [2.75, 3.05) is 6.54 Å². The van der Waals surface area contributed by atoms with E-state index in [4.69, 9.17) is 0 Å². The molecule has 8 heteroatoms. The number of carbonyl (C=O) groups is 1. The molecule has 2 N–H and O–H groups in total. The number of nitrogens with one attached hydrogen (secondary N) is 1. The van der Waals surface area contributed by atoms with Crippen LogP contribution in [0.25, 0.3) is 11.4 Å². The van der Waals surface area contributed by atoms with Crippen LogP contribution in [0.3, 0.4) is 0 Å². The molecule has 4 rings (SSSR count). The number of carboxylic acid groups (broad SMARTS) is 1. The van der Waals surface area contributed by atoms with Crippen molar-refractivity contribution in [3.8, 4) is 11.4 Å². The van der Waals surface area contributed by atoms with Crippen LogP contribution in [-0.2, 0) is 0 Å². The highest BCUT2D eigenvalue weighted by Gasteiger charge is 2.35. The van der Waals surface area contributed by atoms with Crippen molar-refractivity contribution in [3.63, 3.8) is 0 Å². The maximum atomic E-state index is 14.0. The van der Waals surface area contributed by atoms with E-state index in [0.717, 1.165) is 11.3 Å². The van der Waals surface area contributed by atoms with E-state index in [1.54, 1.807) is 24.4 Å². The van der Waals surface area contributed by atoms with E-state index in [1.165, 1.54) is 11.0 Å². The molecule has 0 radical (unpaired) electrons. The molecule has 1 saturated heterocycles. The number of halogens is 1. The smallest absolute Gasteiger partial charge is 0.407 e. The molecule has 0 saturated carbocycles. The van der Waals surface area contributed by atoms with Crippen LogP contribution in [-0.4, -0.2) is 42.8 Å². The van der Waals surface area contributed by atoms with Gasteiger partial charge in [-0.05, 0) is 43.5 Å². The first-order chi connectivity index (χ1) is 13.5. The zero-order chi connectivity index (χ0) is 19.7. The summed E-state index contributed by atoms with van der Waals surface area (Å²) in [6.45, 7) is 2.26. The largest absolute Gasteiger partial charge is 0.465 e. The molecule has 2 atom stereocenters. The number of aromatic amines is 1. The Morgan fingerprint density at radius 1 is 1.29 bits per heavy atom. The van der Waals surface area contributed by atoms with Gasteiger partial charge in [0.05, 0.1) is 11.6 Å². The highest BCUT2D eigenvalue weighted by Crippen LogP contribution is 2.39. The van der Waals surface area contributed by atoms with Crippen molar-refractivity contribution in [2.45, 2.75) is 31.7 Å². The number of nitrogens with zero attached hydrogens (tertiary/aromatic N) is 4. The van der Waals surface area contributed by atoms with Crippen LogP contribution >= 0.6 is 0 Å². The van der Waals surface area contributed by atoms with Crippen LogP contribution in [0.15, 0.2) is 42.6 Å². The molecule has 144 valence electrons. The van der Waals surface area contributed by atoms with Gasteiger partial charge in [-0.3, -0.25) is 10.1 Å². The van der Waals surface area contributed by atoms with E-state index in [2.05, 4.69) is 20.2 Å². The molecule has 2 aromatic heterocycles. The topological polar surface area (TPSA) is 95.0 Å². The van der Waals surface area contributed by atoms with Crippen LogP contribution in [0.2, 0.25) is 0 Å². The molecule has 0 bridgehead atoms. The van der Waals surface area contributed by atoms with Gasteiger partial charge in [0.2, 0.25) is 0 Å². The molecule has 3 aromatic rings. The minimum atomic E-state index is -0.948. The first-order valence-corrected chi connectivity index (χ1v) is 9.13. The summed E-state index contributed by atoms with van der Waals surface area (Å²) in [4.78, 5) is 22.0. The Balaban J connectivity index is 1.63. The van der Waals surface area contributed by atoms with Crippen LogP contribution in [0.4, 0.5) is 9.18 Å². The maximum Gasteiger partial charge on any atom is 0.407 e. The summed E-state index contributed by atoms with van der Waals surface area (Å²) in [6, 6.07) is 9.78. The SMILES string of the molecule is Cc1ncccc1C1CC(c2nc(-c3ccccc3F)n[nH]2)CCN1C(=O)O. The average Bonchev–Trinajstić information content (AvgIpc) is 3.18. The third kappa shape index (κ3) is 3.33. The van der Waals surface area contributed by atoms with Gasteiger partial charge in [0.1, 0.15) is 11.6 Å². The van der Waals surface area contributed by atoms with Crippen LogP contribution < -0.4 is 0 Å². The summed E-state index contributed by atoms with van der Waals surface area (Å²) >= 11 is 0. The number of likely N-dealkylation sites (tertiary alicyclic amines) is 1. The number of hydrogen-bond donors (Lipinski definition) is 2. The minimum absolute atomic E-state index is 0.00627. The van der Waals surface area contributed by atoms with Gasteiger partial charge >= 0.3 is 6.09 Å². The van der Waals surface area contributed by atoms with Crippen LogP contribution in [0, 0.1) is 12.7 Å². The Hall–Kier alpha value is -3.29. The zero-order valence-electron chi connectivity index (χ0n) is 15.3. The van der Waals surface area contributed by atoms with E-state index >= 15 is 0 Å². The molecule has 3 heterocycles. The molecule has 28 heavy (non-hydrogen) atoms.